The minimum atomic E-state index is -0.505. The summed E-state index contributed by atoms with van der Waals surface area (Å²) in [6.07, 6.45) is 0.501. The van der Waals surface area contributed by atoms with E-state index in [0.29, 0.717) is 18.7 Å². The standard InChI is InChI=1S/C12H17N3O2/c1-5-10-9(6-13)11(16)14(4)12(17)15(10)7-8(2)3/h8H,5,7H2,1-4H3. The van der Waals surface area contributed by atoms with Gasteiger partial charge >= 0.3 is 5.69 Å². The fraction of sp³-hybridized carbons (Fsp3) is 0.583. The molecular weight excluding hydrogens is 218 g/mol. The van der Waals surface area contributed by atoms with Crippen molar-refractivity contribution in [3.05, 3.63) is 32.1 Å². The lowest BCUT2D eigenvalue weighted by Crippen LogP contribution is -2.42. The van der Waals surface area contributed by atoms with Crippen molar-refractivity contribution in [1.29, 1.82) is 5.26 Å². The van der Waals surface area contributed by atoms with Crippen molar-refractivity contribution < 1.29 is 0 Å². The Kier molecular flexibility index (Phi) is 3.89. The average Bonchev–Trinajstić information content (AvgIpc) is 2.29. The zero-order chi connectivity index (χ0) is 13.2. The summed E-state index contributed by atoms with van der Waals surface area (Å²) < 4.78 is 2.53. The highest BCUT2D eigenvalue weighted by atomic mass is 16.2. The Bertz CT molecular complexity index is 573. The maximum atomic E-state index is 12.0. The summed E-state index contributed by atoms with van der Waals surface area (Å²) in [7, 11) is 1.40. The normalized spacial score (nSPS) is 10.6. The van der Waals surface area contributed by atoms with E-state index in [-0.39, 0.29) is 17.2 Å². The quantitative estimate of drug-likeness (QED) is 0.772. The van der Waals surface area contributed by atoms with Gasteiger partial charge in [0.25, 0.3) is 5.56 Å². The van der Waals surface area contributed by atoms with Crippen molar-refractivity contribution in [2.24, 2.45) is 13.0 Å². The molecule has 0 aromatic carbocycles. The van der Waals surface area contributed by atoms with Crippen molar-refractivity contribution in [2.45, 2.75) is 33.7 Å². The summed E-state index contributed by atoms with van der Waals surface area (Å²) in [6.45, 7) is 6.34. The van der Waals surface area contributed by atoms with Crippen LogP contribution in [0.25, 0.3) is 0 Å². The summed E-state index contributed by atoms with van der Waals surface area (Å²) in [6, 6.07) is 1.90. The van der Waals surface area contributed by atoms with Crippen molar-refractivity contribution in [3.63, 3.8) is 0 Å². The second-order valence-corrected chi connectivity index (χ2v) is 4.44. The minimum absolute atomic E-state index is 0.0789. The van der Waals surface area contributed by atoms with Gasteiger partial charge in [-0.25, -0.2) is 4.79 Å². The molecule has 17 heavy (non-hydrogen) atoms. The molecule has 0 unspecified atom stereocenters. The molecule has 0 radical (unpaired) electrons. The van der Waals surface area contributed by atoms with E-state index in [4.69, 9.17) is 5.26 Å². The lowest BCUT2D eigenvalue weighted by molar-refractivity contribution is 0.471. The molecule has 1 aromatic heterocycles. The maximum absolute atomic E-state index is 12.0. The van der Waals surface area contributed by atoms with Crippen molar-refractivity contribution in [2.75, 3.05) is 0 Å². The minimum Gasteiger partial charge on any atom is -0.296 e. The largest absolute Gasteiger partial charge is 0.330 e. The molecule has 5 nitrogen and oxygen atoms in total. The fourth-order valence-corrected chi connectivity index (χ4v) is 1.84. The molecule has 0 bridgehead atoms. The van der Waals surface area contributed by atoms with E-state index in [2.05, 4.69) is 0 Å². The monoisotopic (exact) mass is 235 g/mol. The lowest BCUT2D eigenvalue weighted by Gasteiger charge is -2.15. The molecule has 92 valence electrons. The van der Waals surface area contributed by atoms with Crippen LogP contribution in [0.3, 0.4) is 0 Å². The molecule has 1 heterocycles. The summed E-state index contributed by atoms with van der Waals surface area (Å²) >= 11 is 0. The van der Waals surface area contributed by atoms with Crippen LogP contribution < -0.4 is 11.2 Å². The van der Waals surface area contributed by atoms with Gasteiger partial charge in [0, 0.05) is 19.3 Å². The number of nitriles is 1. The molecule has 0 aliphatic rings. The van der Waals surface area contributed by atoms with Crippen LogP contribution in [0.5, 0.6) is 0 Å². The van der Waals surface area contributed by atoms with E-state index in [1.54, 1.807) is 0 Å². The summed E-state index contributed by atoms with van der Waals surface area (Å²) in [5.41, 5.74) is -0.238. The zero-order valence-corrected chi connectivity index (χ0v) is 10.6. The van der Waals surface area contributed by atoms with E-state index in [0.717, 1.165) is 4.57 Å². The van der Waals surface area contributed by atoms with Gasteiger partial charge in [0.05, 0.1) is 0 Å². The summed E-state index contributed by atoms with van der Waals surface area (Å²) in [5, 5.41) is 9.03. The highest BCUT2D eigenvalue weighted by Gasteiger charge is 2.16. The summed E-state index contributed by atoms with van der Waals surface area (Å²) in [4.78, 5) is 23.8. The second-order valence-electron chi connectivity index (χ2n) is 4.44. The molecule has 0 N–H and O–H groups in total. The van der Waals surface area contributed by atoms with Gasteiger partial charge < -0.3 is 0 Å². The van der Waals surface area contributed by atoms with Crippen LogP contribution in [0.15, 0.2) is 9.59 Å². The highest BCUT2D eigenvalue weighted by molar-refractivity contribution is 5.31. The van der Waals surface area contributed by atoms with E-state index in [9.17, 15) is 9.59 Å². The number of hydrogen-bond donors (Lipinski definition) is 0. The van der Waals surface area contributed by atoms with Crippen molar-refractivity contribution in [3.8, 4) is 6.07 Å². The van der Waals surface area contributed by atoms with Crippen LogP contribution in [0.4, 0.5) is 0 Å². The van der Waals surface area contributed by atoms with Crippen molar-refractivity contribution >= 4 is 0 Å². The topological polar surface area (TPSA) is 67.8 Å². The number of hydrogen-bond acceptors (Lipinski definition) is 3. The molecule has 0 spiro atoms. The third-order valence-electron chi connectivity index (χ3n) is 2.65. The average molecular weight is 235 g/mol. The van der Waals surface area contributed by atoms with Gasteiger partial charge in [0.2, 0.25) is 0 Å². The second kappa shape index (κ2) is 5.00. The van der Waals surface area contributed by atoms with Gasteiger partial charge in [0.15, 0.2) is 0 Å². The highest BCUT2D eigenvalue weighted by Crippen LogP contribution is 2.05. The van der Waals surface area contributed by atoms with E-state index in [1.807, 2.05) is 26.8 Å². The molecule has 0 saturated heterocycles. The molecule has 1 rings (SSSR count). The third kappa shape index (κ3) is 2.31. The first-order valence-electron chi connectivity index (χ1n) is 5.66. The predicted octanol–water partition coefficient (Wildman–Crippen LogP) is 0.637. The maximum Gasteiger partial charge on any atom is 0.330 e. The number of nitrogens with zero attached hydrogens (tertiary/aromatic N) is 3. The first-order chi connectivity index (χ1) is 7.93. The van der Waals surface area contributed by atoms with Gasteiger partial charge in [-0.2, -0.15) is 5.26 Å². The molecule has 0 aliphatic heterocycles. The van der Waals surface area contributed by atoms with Gasteiger partial charge in [-0.15, -0.1) is 0 Å². The van der Waals surface area contributed by atoms with Gasteiger partial charge in [0.1, 0.15) is 11.6 Å². The molecule has 0 amide bonds. The Morgan fingerprint density at radius 1 is 1.35 bits per heavy atom. The Hall–Kier alpha value is -1.83. The van der Waals surface area contributed by atoms with Crippen LogP contribution in [0, 0.1) is 17.2 Å². The van der Waals surface area contributed by atoms with Gasteiger partial charge in [-0.1, -0.05) is 20.8 Å². The first kappa shape index (κ1) is 13.2. The van der Waals surface area contributed by atoms with Crippen LogP contribution >= 0.6 is 0 Å². The van der Waals surface area contributed by atoms with Gasteiger partial charge in [-0.3, -0.25) is 13.9 Å². The Balaban J connectivity index is 3.70. The van der Waals surface area contributed by atoms with Gasteiger partial charge in [-0.05, 0) is 12.3 Å². The Morgan fingerprint density at radius 2 is 1.94 bits per heavy atom. The van der Waals surface area contributed by atoms with Crippen LogP contribution in [0.1, 0.15) is 32.0 Å². The lowest BCUT2D eigenvalue weighted by atomic mass is 10.1. The van der Waals surface area contributed by atoms with Crippen LogP contribution in [-0.4, -0.2) is 9.13 Å². The third-order valence-corrected chi connectivity index (χ3v) is 2.65. The molecule has 0 atom stereocenters. The SMILES string of the molecule is CCc1c(C#N)c(=O)n(C)c(=O)n1CC(C)C. The molecule has 0 saturated carbocycles. The van der Waals surface area contributed by atoms with E-state index < -0.39 is 5.56 Å². The van der Waals surface area contributed by atoms with E-state index >= 15 is 0 Å². The van der Waals surface area contributed by atoms with Crippen LogP contribution in [0.2, 0.25) is 0 Å². The number of aromatic nitrogens is 2. The fourth-order valence-electron chi connectivity index (χ4n) is 1.84. The molecule has 0 aliphatic carbocycles. The molecule has 5 heteroatoms. The summed E-state index contributed by atoms with van der Waals surface area (Å²) in [5.74, 6) is 0.280. The Labute approximate surface area is 99.9 Å². The molecule has 1 aromatic rings. The molecular formula is C12H17N3O2. The van der Waals surface area contributed by atoms with Crippen molar-refractivity contribution in [1.82, 2.24) is 9.13 Å². The zero-order valence-electron chi connectivity index (χ0n) is 10.6. The molecule has 0 fully saturated rings. The number of rotatable bonds is 3. The van der Waals surface area contributed by atoms with Crippen LogP contribution in [-0.2, 0) is 20.0 Å². The predicted molar refractivity (Wildman–Crippen MR) is 64.9 cm³/mol. The first-order valence-corrected chi connectivity index (χ1v) is 5.66. The van der Waals surface area contributed by atoms with E-state index in [1.165, 1.54) is 11.6 Å². The Morgan fingerprint density at radius 3 is 2.35 bits per heavy atom. The smallest absolute Gasteiger partial charge is 0.296 e.